The molecule has 0 N–H and O–H groups in total. The van der Waals surface area contributed by atoms with Crippen LogP contribution >= 0.6 is 0 Å². The normalized spacial score (nSPS) is 15.5. The van der Waals surface area contributed by atoms with Crippen molar-refractivity contribution < 1.29 is 14.3 Å². The summed E-state index contributed by atoms with van der Waals surface area (Å²) in [5.74, 6) is 2.03. The van der Waals surface area contributed by atoms with Gasteiger partial charge in [0.1, 0.15) is 11.5 Å². The number of aromatic nitrogens is 2. The van der Waals surface area contributed by atoms with Crippen molar-refractivity contribution in [3.63, 3.8) is 0 Å². The van der Waals surface area contributed by atoms with Crippen LogP contribution in [0, 0.1) is 0 Å². The third kappa shape index (κ3) is 4.23. The highest BCUT2D eigenvalue weighted by Crippen LogP contribution is 2.38. The van der Waals surface area contributed by atoms with E-state index in [0.717, 1.165) is 35.4 Å². The molecule has 1 amide bonds. The van der Waals surface area contributed by atoms with E-state index in [9.17, 15) is 4.79 Å². The van der Waals surface area contributed by atoms with Crippen molar-refractivity contribution in [3.8, 4) is 22.6 Å². The summed E-state index contributed by atoms with van der Waals surface area (Å²) in [7, 11) is 7.08. The molecule has 7 heteroatoms. The van der Waals surface area contributed by atoms with Crippen LogP contribution in [0.3, 0.4) is 0 Å². The van der Waals surface area contributed by atoms with Gasteiger partial charge in [-0.3, -0.25) is 4.79 Å². The molecule has 1 atom stereocenters. The van der Waals surface area contributed by atoms with Gasteiger partial charge in [-0.1, -0.05) is 18.2 Å². The second-order valence-corrected chi connectivity index (χ2v) is 7.98. The number of nitrogens with zero attached hydrogens (tertiary/aromatic N) is 4. The number of carbonyl (C=O) groups excluding carboxylic acids is 1. The molecule has 0 unspecified atom stereocenters. The van der Waals surface area contributed by atoms with Gasteiger partial charge in [0.2, 0.25) is 5.95 Å². The Kier molecular flexibility index (Phi) is 6.25. The molecule has 1 aliphatic rings. The molecule has 4 rings (SSSR count). The van der Waals surface area contributed by atoms with E-state index in [1.807, 2.05) is 72.6 Å². The van der Waals surface area contributed by atoms with Gasteiger partial charge in [-0.2, -0.15) is 0 Å². The average Bonchev–Trinajstić information content (AvgIpc) is 3.33. The molecule has 0 radical (unpaired) electrons. The Balaban J connectivity index is 1.77. The van der Waals surface area contributed by atoms with Crippen molar-refractivity contribution in [1.29, 1.82) is 0 Å². The lowest BCUT2D eigenvalue weighted by atomic mass is 9.99. The number of hydrogen-bond acceptors (Lipinski definition) is 6. The molecule has 3 aromatic rings. The maximum atomic E-state index is 13.5. The summed E-state index contributed by atoms with van der Waals surface area (Å²) in [5.41, 5.74) is 3.34. The third-order valence-electron chi connectivity index (χ3n) is 5.73. The average molecular weight is 433 g/mol. The first-order valence-corrected chi connectivity index (χ1v) is 10.7. The molecule has 32 heavy (non-hydrogen) atoms. The van der Waals surface area contributed by atoms with E-state index in [1.165, 1.54) is 0 Å². The zero-order chi connectivity index (χ0) is 22.7. The van der Waals surface area contributed by atoms with Gasteiger partial charge in [0.05, 0.1) is 26.0 Å². The van der Waals surface area contributed by atoms with Crippen LogP contribution in [0.1, 0.15) is 34.9 Å². The predicted molar refractivity (Wildman–Crippen MR) is 124 cm³/mol. The van der Waals surface area contributed by atoms with E-state index in [0.29, 0.717) is 23.8 Å². The summed E-state index contributed by atoms with van der Waals surface area (Å²) in [6.45, 7) is 0.680. The first-order valence-electron chi connectivity index (χ1n) is 10.7. The van der Waals surface area contributed by atoms with Crippen LogP contribution < -0.4 is 14.4 Å². The van der Waals surface area contributed by atoms with Crippen LogP contribution in [0.15, 0.2) is 54.7 Å². The Labute approximate surface area is 188 Å². The Bertz CT molecular complexity index is 1120. The number of carbonyl (C=O) groups is 1. The van der Waals surface area contributed by atoms with Crippen LogP contribution in [-0.4, -0.2) is 55.6 Å². The molecular weight excluding hydrogens is 404 g/mol. The van der Waals surface area contributed by atoms with Crippen LogP contribution in [-0.2, 0) is 0 Å². The molecule has 1 fully saturated rings. The van der Waals surface area contributed by atoms with Gasteiger partial charge < -0.3 is 19.3 Å². The minimum Gasteiger partial charge on any atom is -0.497 e. The predicted octanol–water partition coefficient (Wildman–Crippen LogP) is 4.20. The van der Waals surface area contributed by atoms with Gasteiger partial charge >= 0.3 is 0 Å². The molecule has 0 spiro atoms. The number of benzene rings is 2. The molecule has 2 heterocycles. The van der Waals surface area contributed by atoms with Crippen LogP contribution in [0.25, 0.3) is 11.1 Å². The zero-order valence-electron chi connectivity index (χ0n) is 18.9. The summed E-state index contributed by atoms with van der Waals surface area (Å²) >= 11 is 0. The molecule has 7 nitrogen and oxygen atoms in total. The Morgan fingerprint density at radius 3 is 2.50 bits per heavy atom. The Morgan fingerprint density at radius 2 is 1.78 bits per heavy atom. The van der Waals surface area contributed by atoms with E-state index in [4.69, 9.17) is 14.5 Å². The number of ether oxygens (including phenoxy) is 2. The number of rotatable bonds is 6. The molecular formula is C25H28N4O3. The maximum Gasteiger partial charge on any atom is 0.254 e. The summed E-state index contributed by atoms with van der Waals surface area (Å²) in [6.07, 6.45) is 3.61. The van der Waals surface area contributed by atoms with E-state index in [1.54, 1.807) is 20.3 Å². The quantitative estimate of drug-likeness (QED) is 0.581. The summed E-state index contributed by atoms with van der Waals surface area (Å²) < 4.78 is 10.7. The van der Waals surface area contributed by atoms with Crippen LogP contribution in [0.4, 0.5) is 5.95 Å². The fourth-order valence-corrected chi connectivity index (χ4v) is 4.08. The number of methoxy groups -OCH3 is 2. The van der Waals surface area contributed by atoms with Crippen molar-refractivity contribution in [1.82, 2.24) is 14.9 Å². The SMILES string of the molecule is COc1cccc(C(=O)N2CCC[C@@H]2c2nc(N(C)C)ncc2-c2cccc(OC)c2)c1. The smallest absolute Gasteiger partial charge is 0.254 e. The number of likely N-dealkylation sites (tertiary alicyclic amines) is 1. The van der Waals surface area contributed by atoms with Crippen LogP contribution in [0.2, 0.25) is 0 Å². The zero-order valence-corrected chi connectivity index (χ0v) is 18.9. The fraction of sp³-hybridized carbons (Fsp3) is 0.320. The molecule has 1 aromatic heterocycles. The topological polar surface area (TPSA) is 67.8 Å². The van der Waals surface area contributed by atoms with E-state index in [-0.39, 0.29) is 11.9 Å². The highest BCUT2D eigenvalue weighted by atomic mass is 16.5. The third-order valence-corrected chi connectivity index (χ3v) is 5.73. The lowest BCUT2D eigenvalue weighted by Gasteiger charge is -2.27. The number of amides is 1. The minimum absolute atomic E-state index is 0.0204. The fourth-order valence-electron chi connectivity index (χ4n) is 4.08. The highest BCUT2D eigenvalue weighted by molar-refractivity contribution is 5.95. The van der Waals surface area contributed by atoms with Gasteiger partial charge in [0, 0.05) is 38.0 Å². The highest BCUT2D eigenvalue weighted by Gasteiger charge is 2.34. The van der Waals surface area contributed by atoms with Gasteiger partial charge in [-0.15, -0.1) is 0 Å². The molecule has 1 saturated heterocycles. The number of anilines is 1. The maximum absolute atomic E-state index is 13.5. The monoisotopic (exact) mass is 432 g/mol. The lowest BCUT2D eigenvalue weighted by molar-refractivity contribution is 0.0733. The van der Waals surface area contributed by atoms with E-state index >= 15 is 0 Å². The molecule has 2 aromatic carbocycles. The molecule has 1 aliphatic heterocycles. The largest absolute Gasteiger partial charge is 0.497 e. The second kappa shape index (κ2) is 9.26. The molecule has 0 aliphatic carbocycles. The summed E-state index contributed by atoms with van der Waals surface area (Å²) in [4.78, 5) is 26.7. The van der Waals surface area contributed by atoms with Gasteiger partial charge in [0.25, 0.3) is 5.91 Å². The lowest BCUT2D eigenvalue weighted by Crippen LogP contribution is -2.31. The van der Waals surface area contributed by atoms with E-state index in [2.05, 4.69) is 4.98 Å². The van der Waals surface area contributed by atoms with E-state index < -0.39 is 0 Å². The van der Waals surface area contributed by atoms with Crippen LogP contribution in [0.5, 0.6) is 11.5 Å². The number of hydrogen-bond donors (Lipinski definition) is 0. The van der Waals surface area contributed by atoms with Crippen molar-refractivity contribution >= 4 is 11.9 Å². The summed E-state index contributed by atoms with van der Waals surface area (Å²) in [5, 5.41) is 0. The van der Waals surface area contributed by atoms with Crippen molar-refractivity contribution in [2.75, 3.05) is 39.8 Å². The van der Waals surface area contributed by atoms with Crippen molar-refractivity contribution in [3.05, 3.63) is 66.0 Å². The molecule has 166 valence electrons. The van der Waals surface area contributed by atoms with Gasteiger partial charge in [0.15, 0.2) is 0 Å². The van der Waals surface area contributed by atoms with Crippen molar-refractivity contribution in [2.24, 2.45) is 0 Å². The van der Waals surface area contributed by atoms with Gasteiger partial charge in [-0.05, 0) is 48.7 Å². The standard InChI is InChI=1S/C25H28N4O3/c1-28(2)25-26-16-21(17-8-5-10-19(14-17)31-3)23(27-25)22-12-7-13-29(22)24(30)18-9-6-11-20(15-18)32-4/h5-6,8-11,14-16,22H,7,12-13H2,1-4H3/t22-/m1/s1. The molecule has 0 bridgehead atoms. The Hall–Kier alpha value is -3.61. The van der Waals surface area contributed by atoms with Crippen molar-refractivity contribution in [2.45, 2.75) is 18.9 Å². The first kappa shape index (κ1) is 21.6. The summed E-state index contributed by atoms with van der Waals surface area (Å²) in [6, 6.07) is 15.0. The molecule has 0 saturated carbocycles. The van der Waals surface area contributed by atoms with Gasteiger partial charge in [-0.25, -0.2) is 9.97 Å². The minimum atomic E-state index is -0.142. The first-order chi connectivity index (χ1) is 15.5. The second-order valence-electron chi connectivity index (χ2n) is 7.98. The Morgan fingerprint density at radius 1 is 1.06 bits per heavy atom.